The molecule has 0 saturated carbocycles. The minimum absolute atomic E-state index is 0.497. The predicted octanol–water partition coefficient (Wildman–Crippen LogP) is 1.27. The maximum absolute atomic E-state index is 4.93. The van der Waals surface area contributed by atoms with Gasteiger partial charge in [0, 0.05) is 12.6 Å². The molecule has 0 fully saturated rings. The number of benzene rings is 1. The highest BCUT2D eigenvalue weighted by Gasteiger charge is 2.06. The second-order valence-corrected chi connectivity index (χ2v) is 4.34. The minimum atomic E-state index is 0.497. The highest BCUT2D eigenvalue weighted by molar-refractivity contribution is 5.56. The first-order valence-corrected chi connectivity index (χ1v) is 6.09. The van der Waals surface area contributed by atoms with E-state index in [9.17, 15) is 0 Å². The van der Waals surface area contributed by atoms with E-state index in [4.69, 9.17) is 4.52 Å². The third-order valence-electron chi connectivity index (χ3n) is 2.84. The van der Waals surface area contributed by atoms with E-state index in [2.05, 4.69) is 31.0 Å². The van der Waals surface area contributed by atoms with Gasteiger partial charge in [-0.25, -0.2) is 4.68 Å². The largest absolute Gasteiger partial charge is 0.377 e. The molecule has 8 heteroatoms. The van der Waals surface area contributed by atoms with Crippen molar-refractivity contribution in [3.63, 3.8) is 0 Å². The fourth-order valence-corrected chi connectivity index (χ4v) is 1.81. The summed E-state index contributed by atoms with van der Waals surface area (Å²) >= 11 is 0. The molecule has 1 N–H and O–H groups in total. The van der Waals surface area contributed by atoms with Gasteiger partial charge in [0.1, 0.15) is 6.33 Å². The Balaban J connectivity index is 1.80. The van der Waals surface area contributed by atoms with Crippen LogP contribution >= 0.6 is 0 Å². The summed E-state index contributed by atoms with van der Waals surface area (Å²) in [4.78, 5) is 4.15. The van der Waals surface area contributed by atoms with Crippen LogP contribution in [-0.2, 0) is 6.54 Å². The van der Waals surface area contributed by atoms with Crippen LogP contribution in [0.15, 0.2) is 29.0 Å². The normalized spacial score (nSPS) is 10.7. The van der Waals surface area contributed by atoms with Crippen LogP contribution in [0.25, 0.3) is 5.69 Å². The van der Waals surface area contributed by atoms with Crippen LogP contribution in [0.2, 0.25) is 0 Å². The summed E-state index contributed by atoms with van der Waals surface area (Å²) in [5, 5.41) is 18.2. The van der Waals surface area contributed by atoms with Gasteiger partial charge in [0.25, 0.3) is 0 Å². The van der Waals surface area contributed by atoms with Gasteiger partial charge < -0.3 is 9.84 Å². The summed E-state index contributed by atoms with van der Waals surface area (Å²) in [5.74, 6) is 1.18. The number of nitrogens with one attached hydrogen (secondary N) is 1. The molecule has 0 bridgehead atoms. The van der Waals surface area contributed by atoms with E-state index in [1.165, 1.54) is 0 Å². The van der Waals surface area contributed by atoms with Crippen LogP contribution in [0, 0.1) is 13.8 Å². The average molecular weight is 271 g/mol. The SMILES string of the molecule is Cc1nc(CNc2cc(-n3cnnn3)ccc2C)no1. The van der Waals surface area contributed by atoms with E-state index in [0.29, 0.717) is 18.3 Å². The summed E-state index contributed by atoms with van der Waals surface area (Å²) < 4.78 is 6.53. The van der Waals surface area contributed by atoms with Gasteiger partial charge in [-0.2, -0.15) is 4.98 Å². The highest BCUT2D eigenvalue weighted by atomic mass is 16.5. The summed E-state index contributed by atoms with van der Waals surface area (Å²) in [7, 11) is 0. The summed E-state index contributed by atoms with van der Waals surface area (Å²) in [6.45, 7) is 4.28. The Labute approximate surface area is 114 Å². The van der Waals surface area contributed by atoms with Gasteiger partial charge in [0.2, 0.25) is 5.89 Å². The lowest BCUT2D eigenvalue weighted by Gasteiger charge is -2.09. The summed E-state index contributed by atoms with van der Waals surface area (Å²) in [6, 6.07) is 5.93. The van der Waals surface area contributed by atoms with Crippen molar-refractivity contribution in [3.8, 4) is 5.69 Å². The molecule has 0 aliphatic heterocycles. The molecule has 0 aliphatic carbocycles. The van der Waals surface area contributed by atoms with Gasteiger partial charge in [-0.05, 0) is 35.0 Å². The van der Waals surface area contributed by atoms with Crippen LogP contribution in [0.1, 0.15) is 17.3 Å². The van der Waals surface area contributed by atoms with E-state index in [1.807, 2.05) is 25.1 Å². The number of hydrogen-bond donors (Lipinski definition) is 1. The van der Waals surface area contributed by atoms with Crippen molar-refractivity contribution < 1.29 is 4.52 Å². The fourth-order valence-electron chi connectivity index (χ4n) is 1.81. The maximum atomic E-state index is 4.93. The number of anilines is 1. The molecule has 0 atom stereocenters. The number of hydrogen-bond acceptors (Lipinski definition) is 7. The number of aromatic nitrogens is 6. The monoisotopic (exact) mass is 271 g/mol. The molecular weight excluding hydrogens is 258 g/mol. The third kappa shape index (κ3) is 2.48. The molecule has 0 radical (unpaired) electrons. The van der Waals surface area contributed by atoms with Crippen LogP contribution in [-0.4, -0.2) is 30.3 Å². The van der Waals surface area contributed by atoms with E-state index in [-0.39, 0.29) is 0 Å². The zero-order valence-corrected chi connectivity index (χ0v) is 11.1. The predicted molar refractivity (Wildman–Crippen MR) is 70.3 cm³/mol. The molecule has 3 rings (SSSR count). The molecule has 0 amide bonds. The van der Waals surface area contributed by atoms with E-state index < -0.39 is 0 Å². The molecule has 20 heavy (non-hydrogen) atoms. The van der Waals surface area contributed by atoms with Crippen molar-refractivity contribution in [2.24, 2.45) is 0 Å². The molecule has 1 aromatic carbocycles. The van der Waals surface area contributed by atoms with Crippen molar-refractivity contribution >= 4 is 5.69 Å². The Hall–Kier alpha value is -2.77. The summed E-state index contributed by atoms with van der Waals surface area (Å²) in [6.07, 6.45) is 1.55. The number of nitrogens with zero attached hydrogens (tertiary/aromatic N) is 6. The maximum Gasteiger partial charge on any atom is 0.223 e. The van der Waals surface area contributed by atoms with E-state index in [1.54, 1.807) is 17.9 Å². The Bertz CT molecular complexity index is 704. The number of tetrazole rings is 1. The second kappa shape index (κ2) is 5.08. The molecule has 0 aliphatic rings. The molecule has 0 spiro atoms. The molecule has 8 nitrogen and oxygen atoms in total. The van der Waals surface area contributed by atoms with Crippen LogP contribution < -0.4 is 5.32 Å². The van der Waals surface area contributed by atoms with Crippen LogP contribution in [0.4, 0.5) is 5.69 Å². The lowest BCUT2D eigenvalue weighted by Crippen LogP contribution is -2.04. The second-order valence-electron chi connectivity index (χ2n) is 4.34. The standard InChI is InChI=1S/C12H13N7O/c1-8-3-4-10(19-7-14-17-18-19)5-11(8)13-6-12-15-9(2)20-16-12/h3-5,7,13H,6H2,1-2H3. The lowest BCUT2D eigenvalue weighted by atomic mass is 10.2. The Morgan fingerprint density at radius 2 is 2.20 bits per heavy atom. The van der Waals surface area contributed by atoms with E-state index in [0.717, 1.165) is 16.9 Å². The molecule has 2 aromatic heterocycles. The Morgan fingerprint density at radius 3 is 2.90 bits per heavy atom. The first kappa shape index (κ1) is 12.3. The third-order valence-corrected chi connectivity index (χ3v) is 2.84. The first-order chi connectivity index (χ1) is 9.72. The number of aryl methyl sites for hydroxylation is 2. The zero-order valence-electron chi connectivity index (χ0n) is 11.1. The van der Waals surface area contributed by atoms with Crippen molar-refractivity contribution in [2.45, 2.75) is 20.4 Å². The molecule has 3 aromatic rings. The van der Waals surface area contributed by atoms with Gasteiger partial charge in [-0.15, -0.1) is 5.10 Å². The fraction of sp³-hybridized carbons (Fsp3) is 0.250. The highest BCUT2D eigenvalue weighted by Crippen LogP contribution is 2.19. The molecule has 0 saturated heterocycles. The van der Waals surface area contributed by atoms with Gasteiger partial charge in [-0.3, -0.25) is 0 Å². The lowest BCUT2D eigenvalue weighted by molar-refractivity contribution is 0.388. The van der Waals surface area contributed by atoms with Crippen molar-refractivity contribution in [1.82, 2.24) is 30.3 Å². The van der Waals surface area contributed by atoms with Gasteiger partial charge in [0.05, 0.1) is 12.2 Å². The molecule has 0 unspecified atom stereocenters. The van der Waals surface area contributed by atoms with Gasteiger partial charge in [-0.1, -0.05) is 11.2 Å². The number of rotatable bonds is 4. The quantitative estimate of drug-likeness (QED) is 0.763. The van der Waals surface area contributed by atoms with Crippen molar-refractivity contribution in [2.75, 3.05) is 5.32 Å². The van der Waals surface area contributed by atoms with Crippen molar-refractivity contribution in [3.05, 3.63) is 41.8 Å². The molecule has 2 heterocycles. The van der Waals surface area contributed by atoms with E-state index >= 15 is 0 Å². The smallest absolute Gasteiger partial charge is 0.223 e. The van der Waals surface area contributed by atoms with Crippen molar-refractivity contribution in [1.29, 1.82) is 0 Å². The first-order valence-electron chi connectivity index (χ1n) is 6.09. The van der Waals surface area contributed by atoms with Crippen LogP contribution in [0.3, 0.4) is 0 Å². The zero-order chi connectivity index (χ0) is 13.9. The Morgan fingerprint density at radius 1 is 1.30 bits per heavy atom. The Kier molecular flexibility index (Phi) is 3.12. The average Bonchev–Trinajstić information content (AvgIpc) is 3.09. The van der Waals surface area contributed by atoms with Gasteiger partial charge in [0.15, 0.2) is 5.82 Å². The van der Waals surface area contributed by atoms with Gasteiger partial charge >= 0.3 is 0 Å². The topological polar surface area (TPSA) is 94.6 Å². The summed E-state index contributed by atoms with van der Waals surface area (Å²) in [5.41, 5.74) is 2.97. The van der Waals surface area contributed by atoms with Crippen LogP contribution in [0.5, 0.6) is 0 Å². The molecule has 102 valence electrons. The minimum Gasteiger partial charge on any atom is -0.377 e. The molecular formula is C12H13N7O.